The first-order chi connectivity index (χ1) is 13.5. The maximum Gasteiger partial charge on any atom is 0.249 e. The van der Waals surface area contributed by atoms with Gasteiger partial charge in [0.15, 0.2) is 0 Å². The van der Waals surface area contributed by atoms with Gasteiger partial charge in [-0.2, -0.15) is 0 Å². The van der Waals surface area contributed by atoms with Crippen molar-refractivity contribution in [3.63, 3.8) is 0 Å². The average molecular weight is 418 g/mol. The van der Waals surface area contributed by atoms with Gasteiger partial charge in [0.2, 0.25) is 17.7 Å². The molecule has 146 valence electrons. The summed E-state index contributed by atoms with van der Waals surface area (Å²) in [6.07, 6.45) is 2.76. The smallest absolute Gasteiger partial charge is 0.249 e. The van der Waals surface area contributed by atoms with Gasteiger partial charge in [0, 0.05) is 17.7 Å². The fourth-order valence-electron chi connectivity index (χ4n) is 2.94. The molecule has 1 unspecified atom stereocenters. The first-order valence-electron chi connectivity index (χ1n) is 8.86. The molecule has 8 heteroatoms. The van der Waals surface area contributed by atoms with Crippen LogP contribution in [0, 0.1) is 0 Å². The van der Waals surface area contributed by atoms with Crippen LogP contribution in [0.2, 0.25) is 4.34 Å². The summed E-state index contributed by atoms with van der Waals surface area (Å²) in [6, 6.07) is 10.7. The lowest BCUT2D eigenvalue weighted by atomic mass is 10.0. The van der Waals surface area contributed by atoms with Crippen LogP contribution in [0.1, 0.15) is 30.9 Å². The molecule has 0 bridgehead atoms. The van der Waals surface area contributed by atoms with Crippen LogP contribution in [-0.2, 0) is 20.8 Å². The Morgan fingerprint density at radius 1 is 1.32 bits per heavy atom. The van der Waals surface area contributed by atoms with E-state index in [-0.39, 0.29) is 30.6 Å². The van der Waals surface area contributed by atoms with Gasteiger partial charge < -0.3 is 10.6 Å². The van der Waals surface area contributed by atoms with Gasteiger partial charge in [-0.05, 0) is 25.0 Å². The first kappa shape index (κ1) is 20.1. The topological polar surface area (TPSA) is 87.3 Å². The fourth-order valence-corrected chi connectivity index (χ4v) is 4.10. The minimum absolute atomic E-state index is 0.151. The molecule has 0 spiro atoms. The lowest BCUT2D eigenvalue weighted by Crippen LogP contribution is -2.50. The Kier molecular flexibility index (Phi) is 6.49. The van der Waals surface area contributed by atoms with Crippen LogP contribution in [0.15, 0.2) is 42.5 Å². The van der Waals surface area contributed by atoms with Crippen molar-refractivity contribution in [3.05, 3.63) is 57.9 Å². The summed E-state index contributed by atoms with van der Waals surface area (Å²) in [7, 11) is 0. The summed E-state index contributed by atoms with van der Waals surface area (Å²) >= 11 is 7.45. The van der Waals surface area contributed by atoms with Crippen molar-refractivity contribution < 1.29 is 14.4 Å². The van der Waals surface area contributed by atoms with E-state index in [2.05, 4.69) is 16.0 Å². The zero-order valence-electron chi connectivity index (χ0n) is 15.3. The standard InChI is InChI=1S/C20H20ClN3O3S/c1-2-14(22-15-8-9-17(25)23-19(15)27)13-11-16(21)28-20(13)24-18(26)10-12-6-4-3-5-7-12/h2-7,11,15,22H,8-10H2,1H3,(H,24,26)(H,23,25,27)/b14-2-. The van der Waals surface area contributed by atoms with Gasteiger partial charge in [0.1, 0.15) is 11.0 Å². The maximum atomic E-state index is 12.4. The molecule has 1 aliphatic rings. The number of hydrogen-bond donors (Lipinski definition) is 3. The molecule has 1 saturated heterocycles. The summed E-state index contributed by atoms with van der Waals surface area (Å²) in [5, 5.41) is 9.01. The predicted octanol–water partition coefficient (Wildman–Crippen LogP) is 3.34. The Morgan fingerprint density at radius 3 is 2.75 bits per heavy atom. The molecule has 2 heterocycles. The monoisotopic (exact) mass is 417 g/mol. The molecule has 0 saturated carbocycles. The Morgan fingerprint density at radius 2 is 2.07 bits per heavy atom. The molecule has 0 radical (unpaired) electrons. The molecule has 1 aromatic heterocycles. The molecule has 1 atom stereocenters. The molecule has 3 amide bonds. The molecule has 1 aromatic carbocycles. The van der Waals surface area contributed by atoms with Crippen molar-refractivity contribution in [1.29, 1.82) is 0 Å². The molecule has 28 heavy (non-hydrogen) atoms. The minimum atomic E-state index is -0.518. The first-order valence-corrected chi connectivity index (χ1v) is 10.1. The zero-order chi connectivity index (χ0) is 20.1. The summed E-state index contributed by atoms with van der Waals surface area (Å²) < 4.78 is 0.523. The summed E-state index contributed by atoms with van der Waals surface area (Å²) in [4.78, 5) is 35.8. The van der Waals surface area contributed by atoms with E-state index in [0.717, 1.165) is 5.56 Å². The molecule has 2 aromatic rings. The second kappa shape index (κ2) is 9.03. The number of nitrogens with one attached hydrogen (secondary N) is 3. The number of allylic oxidation sites excluding steroid dienone is 1. The van der Waals surface area contributed by atoms with Crippen molar-refractivity contribution in [2.24, 2.45) is 0 Å². The highest BCUT2D eigenvalue weighted by Gasteiger charge is 2.27. The number of thiophene rings is 1. The van der Waals surface area contributed by atoms with Crippen LogP contribution >= 0.6 is 22.9 Å². The van der Waals surface area contributed by atoms with Gasteiger partial charge in [-0.25, -0.2) is 0 Å². The number of rotatable bonds is 6. The van der Waals surface area contributed by atoms with Crippen molar-refractivity contribution in [3.8, 4) is 0 Å². The number of carbonyl (C=O) groups excluding carboxylic acids is 3. The normalized spacial score (nSPS) is 17.2. The molecule has 1 fully saturated rings. The van der Waals surface area contributed by atoms with Gasteiger partial charge in [-0.1, -0.05) is 48.0 Å². The molecular weight excluding hydrogens is 398 g/mol. The Labute approximate surface area is 172 Å². The summed E-state index contributed by atoms with van der Waals surface area (Å²) in [5.41, 5.74) is 2.30. The zero-order valence-corrected chi connectivity index (χ0v) is 16.8. The van der Waals surface area contributed by atoms with E-state index >= 15 is 0 Å². The van der Waals surface area contributed by atoms with Crippen LogP contribution in [0.4, 0.5) is 5.00 Å². The van der Waals surface area contributed by atoms with Crippen molar-refractivity contribution >= 4 is 51.4 Å². The Hall–Kier alpha value is -2.64. The van der Waals surface area contributed by atoms with Crippen LogP contribution in [0.5, 0.6) is 0 Å². The molecule has 6 nitrogen and oxygen atoms in total. The van der Waals surface area contributed by atoms with Gasteiger partial charge in [0.05, 0.1) is 10.8 Å². The molecular formula is C20H20ClN3O3S. The minimum Gasteiger partial charge on any atom is -0.373 e. The van der Waals surface area contributed by atoms with E-state index in [1.54, 1.807) is 6.07 Å². The highest BCUT2D eigenvalue weighted by molar-refractivity contribution is 7.20. The van der Waals surface area contributed by atoms with Crippen LogP contribution in [0.3, 0.4) is 0 Å². The SMILES string of the molecule is C/C=C(\NC1CCC(=O)NC1=O)c1cc(Cl)sc1NC(=O)Cc1ccccc1. The van der Waals surface area contributed by atoms with Crippen LogP contribution in [0.25, 0.3) is 5.70 Å². The number of anilines is 1. The van der Waals surface area contributed by atoms with E-state index in [4.69, 9.17) is 11.6 Å². The van der Waals surface area contributed by atoms with Crippen LogP contribution in [-0.4, -0.2) is 23.8 Å². The van der Waals surface area contributed by atoms with Crippen molar-refractivity contribution in [1.82, 2.24) is 10.6 Å². The number of carbonyl (C=O) groups is 3. The lowest BCUT2D eigenvalue weighted by Gasteiger charge is -2.24. The van der Waals surface area contributed by atoms with Crippen molar-refractivity contribution in [2.75, 3.05) is 5.32 Å². The predicted molar refractivity (Wildman–Crippen MR) is 111 cm³/mol. The number of piperidine rings is 1. The molecule has 0 aliphatic carbocycles. The number of halogens is 1. The summed E-state index contributed by atoms with van der Waals surface area (Å²) in [5.74, 6) is -0.772. The van der Waals surface area contributed by atoms with E-state index < -0.39 is 6.04 Å². The van der Waals surface area contributed by atoms with Gasteiger partial charge >= 0.3 is 0 Å². The number of benzene rings is 1. The van der Waals surface area contributed by atoms with Crippen molar-refractivity contribution in [2.45, 2.75) is 32.2 Å². The quantitative estimate of drug-likeness (QED) is 0.629. The Bertz CT molecular complexity index is 924. The third-order valence-electron chi connectivity index (χ3n) is 4.31. The largest absolute Gasteiger partial charge is 0.373 e. The average Bonchev–Trinajstić information content (AvgIpc) is 3.01. The summed E-state index contributed by atoms with van der Waals surface area (Å²) in [6.45, 7) is 1.83. The molecule has 3 N–H and O–H groups in total. The Balaban J connectivity index is 1.73. The van der Waals surface area contributed by atoms with E-state index in [9.17, 15) is 14.4 Å². The third-order valence-corrected chi connectivity index (χ3v) is 5.49. The number of hydrogen-bond acceptors (Lipinski definition) is 5. The maximum absolute atomic E-state index is 12.4. The highest BCUT2D eigenvalue weighted by atomic mass is 35.5. The van der Waals surface area contributed by atoms with Crippen LogP contribution < -0.4 is 16.0 Å². The molecule has 3 rings (SSSR count). The highest BCUT2D eigenvalue weighted by Crippen LogP contribution is 2.36. The van der Waals surface area contributed by atoms with Gasteiger partial charge in [-0.3, -0.25) is 19.7 Å². The van der Waals surface area contributed by atoms with E-state index in [1.165, 1.54) is 11.3 Å². The molecule has 1 aliphatic heterocycles. The second-order valence-electron chi connectivity index (χ2n) is 6.35. The number of imide groups is 1. The third kappa shape index (κ3) is 4.99. The lowest BCUT2D eigenvalue weighted by molar-refractivity contribution is -0.134. The van der Waals surface area contributed by atoms with E-state index in [0.29, 0.717) is 27.0 Å². The van der Waals surface area contributed by atoms with Gasteiger partial charge in [0.25, 0.3) is 0 Å². The number of amides is 3. The van der Waals surface area contributed by atoms with Gasteiger partial charge in [-0.15, -0.1) is 11.3 Å². The fraction of sp³-hybridized carbons (Fsp3) is 0.250. The second-order valence-corrected chi connectivity index (χ2v) is 8.04. The van der Waals surface area contributed by atoms with E-state index in [1.807, 2.05) is 43.3 Å².